The van der Waals surface area contributed by atoms with E-state index in [2.05, 4.69) is 15.0 Å². The predicted octanol–water partition coefficient (Wildman–Crippen LogP) is 1.54. The number of hydrogen-bond donors (Lipinski definition) is 1. The molecule has 0 amide bonds. The summed E-state index contributed by atoms with van der Waals surface area (Å²) in [6, 6.07) is 0. The van der Waals surface area contributed by atoms with Crippen molar-refractivity contribution in [2.45, 2.75) is 51.2 Å². The summed E-state index contributed by atoms with van der Waals surface area (Å²) in [4.78, 5) is 6.78. The number of aliphatic hydroxyl groups is 1. The maximum Gasteiger partial charge on any atom is 0.229 e. The van der Waals surface area contributed by atoms with Gasteiger partial charge in [0.2, 0.25) is 5.89 Å². The molecule has 2 unspecified atom stereocenters. The minimum Gasteiger partial charge on any atom is -0.393 e. The lowest BCUT2D eigenvalue weighted by atomic mass is 9.93. The zero-order chi connectivity index (χ0) is 12.5. The molecule has 2 atom stereocenters. The first-order valence-corrected chi connectivity index (χ1v) is 6.95. The number of nitrogens with zero attached hydrogens (tertiary/aromatic N) is 3. The smallest absolute Gasteiger partial charge is 0.229 e. The third-order valence-electron chi connectivity index (χ3n) is 4.00. The summed E-state index contributed by atoms with van der Waals surface area (Å²) >= 11 is 0. The van der Waals surface area contributed by atoms with Crippen LogP contribution in [0.3, 0.4) is 0 Å². The molecule has 1 aliphatic carbocycles. The molecule has 2 fully saturated rings. The Bertz CT molecular complexity index is 401. The van der Waals surface area contributed by atoms with Gasteiger partial charge in [0.05, 0.1) is 12.6 Å². The molecule has 5 heteroatoms. The summed E-state index contributed by atoms with van der Waals surface area (Å²) in [6.07, 6.45) is 4.42. The summed E-state index contributed by atoms with van der Waals surface area (Å²) in [5, 5.41) is 13.7. The van der Waals surface area contributed by atoms with Crippen LogP contribution in [0.5, 0.6) is 0 Å². The Morgan fingerprint density at radius 2 is 2.28 bits per heavy atom. The molecule has 2 aliphatic rings. The minimum absolute atomic E-state index is 0.222. The van der Waals surface area contributed by atoms with E-state index in [1.54, 1.807) is 0 Å². The first-order chi connectivity index (χ1) is 8.72. The first kappa shape index (κ1) is 12.1. The maximum atomic E-state index is 9.67. The maximum absolute atomic E-state index is 9.67. The largest absolute Gasteiger partial charge is 0.393 e. The topological polar surface area (TPSA) is 62.4 Å². The molecular weight excluding hydrogens is 230 g/mol. The Labute approximate surface area is 107 Å². The molecule has 1 saturated heterocycles. The number of likely N-dealkylation sites (tertiary alicyclic amines) is 1. The lowest BCUT2D eigenvalue weighted by Crippen LogP contribution is -2.39. The normalized spacial score (nSPS) is 27.3. The molecule has 0 aromatic carbocycles. The van der Waals surface area contributed by atoms with Crippen LogP contribution in [0, 0.1) is 5.92 Å². The lowest BCUT2D eigenvalue weighted by Gasteiger charge is -2.33. The SMILES string of the molecule is CC(O)C1CCCN(Cc2noc(C3CC3)n2)C1. The van der Waals surface area contributed by atoms with Gasteiger partial charge in [0, 0.05) is 12.5 Å². The molecule has 5 nitrogen and oxygen atoms in total. The Morgan fingerprint density at radius 3 is 3.00 bits per heavy atom. The van der Waals surface area contributed by atoms with Gasteiger partial charge in [0.15, 0.2) is 5.82 Å². The van der Waals surface area contributed by atoms with Gasteiger partial charge in [-0.3, -0.25) is 4.90 Å². The molecule has 1 aliphatic heterocycles. The van der Waals surface area contributed by atoms with E-state index in [0.29, 0.717) is 11.8 Å². The Hall–Kier alpha value is -0.940. The van der Waals surface area contributed by atoms with Gasteiger partial charge in [-0.1, -0.05) is 5.16 Å². The van der Waals surface area contributed by atoms with E-state index >= 15 is 0 Å². The van der Waals surface area contributed by atoms with E-state index in [9.17, 15) is 5.11 Å². The number of rotatable bonds is 4. The van der Waals surface area contributed by atoms with Gasteiger partial charge in [-0.2, -0.15) is 4.98 Å². The highest BCUT2D eigenvalue weighted by molar-refractivity contribution is 5.01. The summed E-state index contributed by atoms with van der Waals surface area (Å²) in [5.74, 6) is 2.52. The minimum atomic E-state index is -0.222. The van der Waals surface area contributed by atoms with Crippen LogP contribution < -0.4 is 0 Å². The molecule has 0 bridgehead atoms. The van der Waals surface area contributed by atoms with Crippen LogP contribution in [0.15, 0.2) is 4.52 Å². The van der Waals surface area contributed by atoms with Gasteiger partial charge in [-0.15, -0.1) is 0 Å². The second-order valence-electron chi connectivity index (χ2n) is 5.70. The zero-order valence-corrected chi connectivity index (χ0v) is 10.9. The van der Waals surface area contributed by atoms with E-state index in [1.165, 1.54) is 12.8 Å². The van der Waals surface area contributed by atoms with Gasteiger partial charge >= 0.3 is 0 Å². The van der Waals surface area contributed by atoms with E-state index in [4.69, 9.17) is 4.52 Å². The molecule has 1 aromatic heterocycles. The van der Waals surface area contributed by atoms with E-state index < -0.39 is 0 Å². The molecule has 0 spiro atoms. The molecule has 1 aromatic rings. The lowest BCUT2D eigenvalue weighted by molar-refractivity contribution is 0.0586. The highest BCUT2D eigenvalue weighted by atomic mass is 16.5. The van der Waals surface area contributed by atoms with E-state index in [0.717, 1.165) is 44.2 Å². The first-order valence-electron chi connectivity index (χ1n) is 6.95. The quantitative estimate of drug-likeness (QED) is 0.879. The molecule has 18 heavy (non-hydrogen) atoms. The average molecular weight is 251 g/mol. The van der Waals surface area contributed by atoms with Crippen LogP contribution >= 0.6 is 0 Å². The Morgan fingerprint density at radius 1 is 1.44 bits per heavy atom. The van der Waals surface area contributed by atoms with Crippen molar-refractivity contribution in [3.8, 4) is 0 Å². The van der Waals surface area contributed by atoms with Gasteiger partial charge in [0.25, 0.3) is 0 Å². The number of aromatic nitrogens is 2. The fraction of sp³-hybridized carbons (Fsp3) is 0.846. The van der Waals surface area contributed by atoms with Crippen LogP contribution in [-0.2, 0) is 6.54 Å². The van der Waals surface area contributed by atoms with Crippen molar-refractivity contribution in [2.75, 3.05) is 13.1 Å². The van der Waals surface area contributed by atoms with E-state index in [-0.39, 0.29) is 6.10 Å². The number of hydrogen-bond acceptors (Lipinski definition) is 5. The van der Waals surface area contributed by atoms with Crippen molar-refractivity contribution in [2.24, 2.45) is 5.92 Å². The summed E-state index contributed by atoms with van der Waals surface area (Å²) < 4.78 is 5.27. The summed E-state index contributed by atoms with van der Waals surface area (Å²) in [6.45, 7) is 4.63. The monoisotopic (exact) mass is 251 g/mol. The van der Waals surface area contributed by atoms with Crippen molar-refractivity contribution in [3.05, 3.63) is 11.7 Å². The van der Waals surface area contributed by atoms with Crippen LogP contribution in [0.25, 0.3) is 0 Å². The number of aliphatic hydroxyl groups excluding tert-OH is 1. The highest BCUT2D eigenvalue weighted by Gasteiger charge is 2.30. The van der Waals surface area contributed by atoms with Crippen LogP contribution in [0.4, 0.5) is 0 Å². The third-order valence-corrected chi connectivity index (χ3v) is 4.00. The van der Waals surface area contributed by atoms with E-state index in [1.807, 2.05) is 6.92 Å². The molecule has 3 rings (SSSR count). The Balaban J connectivity index is 1.57. The predicted molar refractivity (Wildman–Crippen MR) is 66.0 cm³/mol. The fourth-order valence-electron chi connectivity index (χ4n) is 2.66. The number of piperidine rings is 1. The second kappa shape index (κ2) is 4.97. The van der Waals surface area contributed by atoms with Crippen molar-refractivity contribution in [1.29, 1.82) is 0 Å². The Kier molecular flexibility index (Phi) is 3.35. The molecule has 1 saturated carbocycles. The molecule has 2 heterocycles. The van der Waals surface area contributed by atoms with Crippen LogP contribution in [0.1, 0.15) is 50.2 Å². The zero-order valence-electron chi connectivity index (χ0n) is 10.9. The van der Waals surface area contributed by atoms with Crippen molar-refractivity contribution < 1.29 is 9.63 Å². The molecular formula is C13H21N3O2. The van der Waals surface area contributed by atoms with Gasteiger partial charge in [-0.25, -0.2) is 0 Å². The van der Waals surface area contributed by atoms with Crippen molar-refractivity contribution in [3.63, 3.8) is 0 Å². The molecule has 1 N–H and O–H groups in total. The molecule has 100 valence electrons. The molecule has 0 radical (unpaired) electrons. The van der Waals surface area contributed by atoms with Gasteiger partial charge < -0.3 is 9.63 Å². The van der Waals surface area contributed by atoms with Crippen LogP contribution in [-0.4, -0.2) is 39.3 Å². The third kappa shape index (κ3) is 2.72. The average Bonchev–Trinajstić information content (AvgIpc) is 3.11. The fourth-order valence-corrected chi connectivity index (χ4v) is 2.66. The summed E-state index contributed by atoms with van der Waals surface area (Å²) in [5.41, 5.74) is 0. The van der Waals surface area contributed by atoms with Crippen molar-refractivity contribution in [1.82, 2.24) is 15.0 Å². The highest BCUT2D eigenvalue weighted by Crippen LogP contribution is 2.38. The van der Waals surface area contributed by atoms with Gasteiger partial charge in [-0.05, 0) is 45.1 Å². The van der Waals surface area contributed by atoms with Crippen molar-refractivity contribution >= 4 is 0 Å². The standard InChI is InChI=1S/C13H21N3O2/c1-9(17)11-3-2-6-16(7-11)8-12-14-13(18-15-12)10-4-5-10/h9-11,17H,2-8H2,1H3. The second-order valence-corrected chi connectivity index (χ2v) is 5.70. The van der Waals surface area contributed by atoms with Gasteiger partial charge in [0.1, 0.15) is 0 Å². The summed E-state index contributed by atoms with van der Waals surface area (Å²) in [7, 11) is 0. The van der Waals surface area contributed by atoms with Crippen LogP contribution in [0.2, 0.25) is 0 Å².